The number of phenols is 1. The zero-order valence-electron chi connectivity index (χ0n) is 13.3. The second-order valence-electron chi connectivity index (χ2n) is 5.35. The fourth-order valence-electron chi connectivity index (χ4n) is 2.95. The molecule has 0 fully saturated rings. The Kier molecular flexibility index (Phi) is 4.87. The highest BCUT2D eigenvalue weighted by Gasteiger charge is 2.49. The lowest BCUT2D eigenvalue weighted by Crippen LogP contribution is -2.40. The normalized spacial score (nSPS) is 22.1. The maximum atomic E-state index is 12.5. The molecule has 7 nitrogen and oxygen atoms in total. The number of aromatic amines is 1. The molecule has 0 saturated carbocycles. The summed E-state index contributed by atoms with van der Waals surface area (Å²) in [4.78, 5) is 39.6. The Morgan fingerprint density at radius 1 is 1.16 bits per heavy atom. The standard InChI is InChI=1S/C16H15NO6S2/c1-22-14(19)10-9(7-5-3-4-6-8(7)18)11-13(17-16(21)25-11)24-12(10)15(20)23-2/h3-6,9-10,12,18H,1-2H3,(H,17,21). The van der Waals surface area contributed by atoms with E-state index in [-0.39, 0.29) is 10.6 Å². The number of hydrogen-bond donors (Lipinski definition) is 2. The number of rotatable bonds is 3. The number of nitrogens with one attached hydrogen (secondary N) is 1. The van der Waals surface area contributed by atoms with Crippen molar-refractivity contribution in [3.8, 4) is 5.75 Å². The second-order valence-corrected chi connectivity index (χ2v) is 7.52. The molecule has 2 N–H and O–H groups in total. The van der Waals surface area contributed by atoms with Gasteiger partial charge in [-0.2, -0.15) is 0 Å². The third-order valence-electron chi connectivity index (χ3n) is 4.03. The average Bonchev–Trinajstić information content (AvgIpc) is 2.99. The van der Waals surface area contributed by atoms with Crippen molar-refractivity contribution in [3.63, 3.8) is 0 Å². The van der Waals surface area contributed by atoms with E-state index in [1.807, 2.05) is 0 Å². The lowest BCUT2D eigenvalue weighted by Gasteiger charge is -2.34. The first kappa shape index (κ1) is 17.6. The Bertz CT molecular complexity index is 874. The van der Waals surface area contributed by atoms with E-state index < -0.39 is 29.0 Å². The summed E-state index contributed by atoms with van der Waals surface area (Å²) >= 11 is 2.02. The van der Waals surface area contributed by atoms with E-state index in [9.17, 15) is 19.5 Å². The van der Waals surface area contributed by atoms with Crippen molar-refractivity contribution in [2.24, 2.45) is 5.92 Å². The van der Waals surface area contributed by atoms with Gasteiger partial charge in [0.2, 0.25) is 0 Å². The van der Waals surface area contributed by atoms with Crippen LogP contribution in [0.15, 0.2) is 34.1 Å². The predicted octanol–water partition coefficient (Wildman–Crippen LogP) is 1.71. The number of phenolic OH excluding ortho intramolecular Hbond substituents is 1. The van der Waals surface area contributed by atoms with Crippen LogP contribution in [-0.4, -0.2) is 41.5 Å². The number of fused-ring (bicyclic) bond motifs is 1. The molecule has 0 saturated heterocycles. The van der Waals surface area contributed by atoms with Crippen LogP contribution in [0.25, 0.3) is 0 Å². The number of hydrogen-bond acceptors (Lipinski definition) is 8. The van der Waals surface area contributed by atoms with Crippen LogP contribution in [0.1, 0.15) is 16.4 Å². The number of carbonyl (C=O) groups is 2. The van der Waals surface area contributed by atoms with Crippen LogP contribution in [0, 0.1) is 5.92 Å². The van der Waals surface area contributed by atoms with E-state index in [4.69, 9.17) is 9.47 Å². The first-order valence-electron chi connectivity index (χ1n) is 7.31. The summed E-state index contributed by atoms with van der Waals surface area (Å²) in [6.45, 7) is 0. The smallest absolute Gasteiger partial charge is 0.320 e. The number of ether oxygens (including phenoxy) is 2. The Hall–Kier alpha value is -2.26. The Labute approximate surface area is 151 Å². The summed E-state index contributed by atoms with van der Waals surface area (Å²) in [7, 11) is 2.47. The molecule has 132 valence electrons. The number of para-hydroxylation sites is 1. The van der Waals surface area contributed by atoms with Gasteiger partial charge in [0, 0.05) is 16.4 Å². The van der Waals surface area contributed by atoms with E-state index in [1.165, 1.54) is 20.3 Å². The Morgan fingerprint density at radius 3 is 2.48 bits per heavy atom. The maximum Gasteiger partial charge on any atom is 0.320 e. The number of thioether (sulfide) groups is 1. The second kappa shape index (κ2) is 6.93. The summed E-state index contributed by atoms with van der Waals surface area (Å²) in [6.07, 6.45) is 0. The molecule has 1 aliphatic heterocycles. The molecule has 25 heavy (non-hydrogen) atoms. The number of methoxy groups -OCH3 is 2. The van der Waals surface area contributed by atoms with Crippen LogP contribution in [0.4, 0.5) is 0 Å². The van der Waals surface area contributed by atoms with Gasteiger partial charge in [-0.05, 0) is 6.07 Å². The molecule has 0 amide bonds. The van der Waals surface area contributed by atoms with Gasteiger partial charge in [0.05, 0.1) is 25.2 Å². The molecular formula is C16H15NO6S2. The van der Waals surface area contributed by atoms with Crippen LogP contribution >= 0.6 is 23.1 Å². The van der Waals surface area contributed by atoms with Crippen molar-refractivity contribution in [2.75, 3.05) is 14.2 Å². The number of benzene rings is 1. The van der Waals surface area contributed by atoms with Crippen molar-refractivity contribution in [1.82, 2.24) is 4.98 Å². The predicted molar refractivity (Wildman–Crippen MR) is 92.1 cm³/mol. The van der Waals surface area contributed by atoms with Gasteiger partial charge in [0.15, 0.2) is 0 Å². The molecule has 9 heteroatoms. The number of carbonyl (C=O) groups excluding carboxylic acids is 2. The third-order valence-corrected chi connectivity index (χ3v) is 6.43. The van der Waals surface area contributed by atoms with E-state index in [2.05, 4.69) is 4.98 Å². The maximum absolute atomic E-state index is 12.5. The van der Waals surface area contributed by atoms with Crippen molar-refractivity contribution in [3.05, 3.63) is 44.4 Å². The molecule has 1 aliphatic rings. The minimum atomic E-state index is -0.935. The molecule has 1 aromatic heterocycles. The molecule has 0 aliphatic carbocycles. The zero-order chi connectivity index (χ0) is 18.1. The van der Waals surface area contributed by atoms with Gasteiger partial charge in [0.25, 0.3) is 0 Å². The van der Waals surface area contributed by atoms with Gasteiger partial charge in [-0.25, -0.2) is 0 Å². The first-order valence-corrected chi connectivity index (χ1v) is 9.00. The number of H-pyrrole nitrogens is 1. The van der Waals surface area contributed by atoms with E-state index in [1.54, 1.807) is 18.2 Å². The van der Waals surface area contributed by atoms with Crippen LogP contribution in [0.3, 0.4) is 0 Å². The van der Waals surface area contributed by atoms with Gasteiger partial charge in [-0.3, -0.25) is 14.4 Å². The van der Waals surface area contributed by atoms with Gasteiger partial charge in [0.1, 0.15) is 11.0 Å². The summed E-state index contributed by atoms with van der Waals surface area (Å²) < 4.78 is 9.73. The largest absolute Gasteiger partial charge is 0.508 e. The minimum absolute atomic E-state index is 0.0243. The van der Waals surface area contributed by atoms with E-state index >= 15 is 0 Å². The molecule has 3 rings (SSSR count). The molecule has 3 atom stereocenters. The molecule has 2 heterocycles. The van der Waals surface area contributed by atoms with Gasteiger partial charge < -0.3 is 19.6 Å². The third kappa shape index (κ3) is 3.05. The number of aromatic hydroxyl groups is 1. The zero-order valence-corrected chi connectivity index (χ0v) is 15.0. The molecule has 0 bridgehead atoms. The highest BCUT2D eigenvalue weighted by molar-refractivity contribution is 8.00. The van der Waals surface area contributed by atoms with Crippen molar-refractivity contribution in [1.29, 1.82) is 0 Å². The SMILES string of the molecule is COC(=O)C1Sc2[nH]c(=O)sc2C(c2ccccc2O)C1C(=O)OC. The quantitative estimate of drug-likeness (QED) is 0.780. The lowest BCUT2D eigenvalue weighted by atomic mass is 9.81. The number of aromatic nitrogens is 1. The fourth-order valence-corrected chi connectivity index (χ4v) is 5.44. The monoisotopic (exact) mass is 381 g/mol. The Balaban J connectivity index is 2.24. The number of thiazole rings is 1. The molecule has 3 unspecified atom stereocenters. The van der Waals surface area contributed by atoms with Crippen molar-refractivity contribution >= 4 is 35.0 Å². The highest BCUT2D eigenvalue weighted by atomic mass is 32.2. The van der Waals surface area contributed by atoms with Gasteiger partial charge in [-0.15, -0.1) is 0 Å². The van der Waals surface area contributed by atoms with E-state index in [0.717, 1.165) is 23.1 Å². The summed E-state index contributed by atoms with van der Waals surface area (Å²) in [5, 5.41) is 9.89. The molecule has 2 aromatic rings. The summed E-state index contributed by atoms with van der Waals surface area (Å²) in [5.41, 5.74) is 0.448. The minimum Gasteiger partial charge on any atom is -0.508 e. The van der Waals surface area contributed by atoms with Crippen LogP contribution < -0.4 is 4.87 Å². The van der Waals surface area contributed by atoms with Crippen LogP contribution in [-0.2, 0) is 19.1 Å². The van der Waals surface area contributed by atoms with E-state index in [0.29, 0.717) is 15.5 Å². The van der Waals surface area contributed by atoms with Crippen molar-refractivity contribution in [2.45, 2.75) is 16.2 Å². The topological polar surface area (TPSA) is 106 Å². The fraction of sp³-hybridized carbons (Fsp3) is 0.312. The van der Waals surface area contributed by atoms with Crippen molar-refractivity contribution < 1.29 is 24.2 Å². The molecule has 0 radical (unpaired) electrons. The average molecular weight is 381 g/mol. The number of esters is 2. The highest BCUT2D eigenvalue weighted by Crippen LogP contribution is 2.51. The molecule has 0 spiro atoms. The van der Waals surface area contributed by atoms with Gasteiger partial charge in [-0.1, -0.05) is 41.3 Å². The first-order chi connectivity index (χ1) is 12.0. The van der Waals surface area contributed by atoms with Crippen LogP contribution in [0.5, 0.6) is 5.75 Å². The molecule has 1 aromatic carbocycles. The van der Waals surface area contributed by atoms with Crippen LogP contribution in [0.2, 0.25) is 0 Å². The summed E-state index contributed by atoms with van der Waals surface area (Å²) in [6, 6.07) is 6.52. The molecular weight excluding hydrogens is 366 g/mol. The Morgan fingerprint density at radius 2 is 1.84 bits per heavy atom. The van der Waals surface area contributed by atoms with Gasteiger partial charge >= 0.3 is 16.8 Å². The lowest BCUT2D eigenvalue weighted by molar-refractivity contribution is -0.151. The summed E-state index contributed by atoms with van der Waals surface area (Å²) in [5.74, 6) is -2.86.